The van der Waals surface area contributed by atoms with E-state index in [9.17, 15) is 27.0 Å². The van der Waals surface area contributed by atoms with Crippen LogP contribution in [-0.2, 0) is 49.6 Å². The Labute approximate surface area is 281 Å². The van der Waals surface area contributed by atoms with Crippen molar-refractivity contribution >= 4 is 53.2 Å². The molecule has 4 aromatic carbocycles. The first-order chi connectivity index (χ1) is 21.9. The van der Waals surface area contributed by atoms with Gasteiger partial charge in [-0.2, -0.15) is 0 Å². The van der Waals surface area contributed by atoms with Gasteiger partial charge in [-0.3, -0.25) is 9.97 Å². The Balaban J connectivity index is 0.000000208. The predicted octanol–water partition coefficient (Wildman–Crippen LogP) is 3.13. The quantitative estimate of drug-likeness (QED) is 0.169. The summed E-state index contributed by atoms with van der Waals surface area (Å²) >= 11 is 0. The van der Waals surface area contributed by atoms with Crippen LogP contribution in [0.2, 0.25) is 0 Å². The number of anilines is 2. The van der Waals surface area contributed by atoms with E-state index in [1.807, 2.05) is 12.1 Å². The summed E-state index contributed by atoms with van der Waals surface area (Å²) < 4.78 is 44.9. The Bertz CT molecular complexity index is 2080. The van der Waals surface area contributed by atoms with Gasteiger partial charge < -0.3 is 20.8 Å². The largest absolute Gasteiger partial charge is 2.00 e. The maximum Gasteiger partial charge on any atom is 2.00 e. The molecule has 6 N–H and O–H groups in total. The smallest absolute Gasteiger partial charge is 0.871 e. The number of primary sulfonamides is 2. The van der Waals surface area contributed by atoms with Crippen LogP contribution in [0, 0.1) is 0 Å². The first-order valence-corrected chi connectivity index (χ1v) is 16.8. The normalized spacial score (nSPS) is 11.3. The molecule has 2 heterocycles. The third-order valence-electron chi connectivity index (χ3n) is 6.98. The van der Waals surface area contributed by atoms with Gasteiger partial charge in [-0.1, -0.05) is 47.9 Å². The summed E-state index contributed by atoms with van der Waals surface area (Å²) in [5.74, 6) is -0.219. The number of hydrogen-bond acceptors (Lipinski definition) is 10. The first kappa shape index (κ1) is 35.1. The fraction of sp³-hybridized carbons (Fsp3) is 0.0625. The number of hydrogen-bond donors (Lipinski definition) is 4. The molecule has 0 saturated heterocycles. The number of nitrogens with two attached hydrogens (primary N) is 2. The Morgan fingerprint density at radius 3 is 1.26 bits per heavy atom. The fourth-order valence-corrected chi connectivity index (χ4v) is 5.67. The van der Waals surface area contributed by atoms with Crippen molar-refractivity contribution in [3.63, 3.8) is 0 Å². The Morgan fingerprint density at radius 2 is 0.915 bits per heavy atom. The minimum atomic E-state index is -3.69. The molecule has 0 aliphatic heterocycles. The number of benzene rings is 4. The zero-order valence-electron chi connectivity index (χ0n) is 24.4. The molecule has 0 radical (unpaired) electrons. The topological polar surface area (TPSA) is 216 Å². The van der Waals surface area contributed by atoms with Crippen molar-refractivity contribution in [1.82, 2.24) is 9.97 Å². The molecule has 6 aromatic rings. The minimum Gasteiger partial charge on any atom is -0.871 e. The van der Waals surface area contributed by atoms with Gasteiger partial charge in [0.15, 0.2) is 0 Å². The molecular weight excluding hydrogens is 687 g/mol. The van der Waals surface area contributed by atoms with Gasteiger partial charge in [0, 0.05) is 47.6 Å². The van der Waals surface area contributed by atoms with Crippen LogP contribution in [0.4, 0.5) is 11.4 Å². The average molecular weight is 715 g/mol. The van der Waals surface area contributed by atoms with Crippen LogP contribution >= 0.6 is 0 Å². The zero-order valence-corrected chi connectivity index (χ0v) is 27.1. The summed E-state index contributed by atoms with van der Waals surface area (Å²) in [5.41, 5.74) is 4.25. The first-order valence-electron chi connectivity index (χ1n) is 13.7. The van der Waals surface area contributed by atoms with Gasteiger partial charge in [-0.05, 0) is 71.8 Å². The Hall–Kier alpha value is -4.79. The number of sulfonamides is 2. The average Bonchev–Trinajstić information content (AvgIpc) is 3.04. The van der Waals surface area contributed by atoms with Crippen LogP contribution in [0.1, 0.15) is 11.1 Å². The summed E-state index contributed by atoms with van der Waals surface area (Å²) in [6, 6.07) is 26.1. The molecule has 0 unspecified atom stereocenters. The van der Waals surface area contributed by atoms with Crippen molar-refractivity contribution in [1.29, 1.82) is 0 Å². The van der Waals surface area contributed by atoms with E-state index in [2.05, 4.69) is 20.6 Å². The Kier molecular flexibility index (Phi) is 11.0. The van der Waals surface area contributed by atoms with Gasteiger partial charge in [0.25, 0.3) is 0 Å². The number of pyridine rings is 2. The molecule has 2 aromatic heterocycles. The van der Waals surface area contributed by atoms with Crippen molar-refractivity contribution in [3.8, 4) is 11.5 Å². The number of aromatic nitrogens is 2. The molecule has 0 spiro atoms. The van der Waals surface area contributed by atoms with Gasteiger partial charge in [0.2, 0.25) is 20.0 Å². The number of nitrogens with zero attached hydrogens (tertiary/aromatic N) is 2. The molecule has 0 aliphatic carbocycles. The molecule has 0 saturated carbocycles. The van der Waals surface area contributed by atoms with E-state index in [-0.39, 0.29) is 37.8 Å². The van der Waals surface area contributed by atoms with Crippen molar-refractivity contribution in [2.24, 2.45) is 10.3 Å². The van der Waals surface area contributed by atoms with Crippen LogP contribution in [0.15, 0.2) is 119 Å². The molecule has 0 fully saturated rings. The van der Waals surface area contributed by atoms with Crippen molar-refractivity contribution in [3.05, 3.63) is 121 Å². The molecule has 0 atom stereocenters. The number of nitrogens with one attached hydrogen (secondary N) is 2. The summed E-state index contributed by atoms with van der Waals surface area (Å²) in [7, 11) is -7.38. The second-order valence-corrected chi connectivity index (χ2v) is 13.2. The van der Waals surface area contributed by atoms with E-state index in [1.165, 1.54) is 36.4 Å². The van der Waals surface area contributed by atoms with Gasteiger partial charge in [0.05, 0.1) is 20.8 Å². The number of rotatable bonds is 8. The predicted molar refractivity (Wildman–Crippen MR) is 173 cm³/mol. The molecule has 15 heteroatoms. The molecule has 12 nitrogen and oxygen atoms in total. The molecule has 47 heavy (non-hydrogen) atoms. The fourth-order valence-electron chi connectivity index (χ4n) is 4.64. The van der Waals surface area contributed by atoms with E-state index in [0.29, 0.717) is 24.1 Å². The van der Waals surface area contributed by atoms with Crippen molar-refractivity contribution in [2.75, 3.05) is 10.6 Å². The standard InChI is InChI=1S/2C16H15N3O3S.Ni/c2*17-23(21,22)13-6-4-12(5-7-13)19-10-11-3-8-15(20)16-14(11)2-1-9-18-16;/h2*1-9,19-20H,10H2,(H2,17,21,22);/q;;+2/p-2. The summed E-state index contributed by atoms with van der Waals surface area (Å²) in [5, 5.41) is 41.7. The van der Waals surface area contributed by atoms with E-state index < -0.39 is 20.0 Å². The molecule has 0 amide bonds. The van der Waals surface area contributed by atoms with E-state index >= 15 is 0 Å². The minimum absolute atomic E-state index is 0. The summed E-state index contributed by atoms with van der Waals surface area (Å²) in [6.07, 6.45) is 3.18. The SMILES string of the molecule is NS(=O)(=O)c1ccc(NCc2ccc([O-])c3ncccc23)cc1.NS(=O)(=O)c1ccc(NCc2ccc([O-])c3ncccc23)cc1.[Ni+2]. The van der Waals surface area contributed by atoms with Crippen molar-refractivity contribution in [2.45, 2.75) is 22.9 Å². The molecule has 244 valence electrons. The van der Waals surface area contributed by atoms with E-state index in [4.69, 9.17) is 10.3 Å². The van der Waals surface area contributed by atoms with Gasteiger partial charge >= 0.3 is 16.5 Å². The monoisotopic (exact) mass is 714 g/mol. The van der Waals surface area contributed by atoms with E-state index in [0.717, 1.165) is 33.3 Å². The maximum atomic E-state index is 11.8. The van der Waals surface area contributed by atoms with Crippen LogP contribution in [-0.4, -0.2) is 26.8 Å². The van der Waals surface area contributed by atoms with Gasteiger partial charge in [-0.15, -0.1) is 0 Å². The van der Waals surface area contributed by atoms with Gasteiger partial charge in [-0.25, -0.2) is 27.1 Å². The van der Waals surface area contributed by atoms with Crippen LogP contribution in [0.25, 0.3) is 21.8 Å². The van der Waals surface area contributed by atoms with Crippen LogP contribution in [0.5, 0.6) is 11.5 Å². The Morgan fingerprint density at radius 1 is 0.553 bits per heavy atom. The third-order valence-corrected chi connectivity index (χ3v) is 8.84. The van der Waals surface area contributed by atoms with Crippen molar-refractivity contribution < 1.29 is 43.5 Å². The van der Waals surface area contributed by atoms with Crippen LogP contribution < -0.4 is 31.1 Å². The molecule has 0 bridgehead atoms. The third kappa shape index (κ3) is 8.73. The second-order valence-electron chi connectivity index (χ2n) is 10.1. The maximum absolute atomic E-state index is 11.8. The number of fused-ring (bicyclic) bond motifs is 2. The summed E-state index contributed by atoms with van der Waals surface area (Å²) in [6.45, 7) is 0.967. The van der Waals surface area contributed by atoms with Gasteiger partial charge in [0.1, 0.15) is 0 Å². The van der Waals surface area contributed by atoms with E-state index in [1.54, 1.807) is 60.9 Å². The zero-order chi connectivity index (χ0) is 32.9. The second kappa shape index (κ2) is 14.8. The molecular formula is C32H28N6NiO6S2. The summed E-state index contributed by atoms with van der Waals surface area (Å²) in [4.78, 5) is 8.36. The van der Waals surface area contributed by atoms with Crippen LogP contribution in [0.3, 0.4) is 0 Å². The molecule has 0 aliphatic rings. The molecule has 6 rings (SSSR count).